The molecular weight excluding hydrogens is 704 g/mol. The van der Waals surface area contributed by atoms with Gasteiger partial charge in [0.15, 0.2) is 0 Å². The lowest BCUT2D eigenvalue weighted by Gasteiger charge is -2.51. The Morgan fingerprint density at radius 1 is 1.02 bits per heavy atom. The summed E-state index contributed by atoms with van der Waals surface area (Å²) in [7, 11) is -2.34. The van der Waals surface area contributed by atoms with E-state index in [9.17, 15) is 23.1 Å². The Bertz CT molecular complexity index is 1710. The first-order valence-corrected chi connectivity index (χ1v) is 20.9. The molecule has 11 nitrogen and oxygen atoms in total. The van der Waals surface area contributed by atoms with Gasteiger partial charge in [0.25, 0.3) is 5.91 Å². The number of aryl methyl sites for hydroxylation is 1. The zero-order chi connectivity index (χ0) is 37.0. The summed E-state index contributed by atoms with van der Waals surface area (Å²) in [6.07, 6.45) is 6.04. The maximum Gasteiger partial charge on any atom is 0.264 e. The molecule has 2 amide bonds. The number of hydrogen-bond donors (Lipinski definition) is 2. The average Bonchev–Trinajstić information content (AvgIpc) is 3.12. The van der Waals surface area contributed by atoms with Crippen molar-refractivity contribution in [3.8, 4) is 5.75 Å². The molecule has 5 atom stereocenters. The summed E-state index contributed by atoms with van der Waals surface area (Å²) < 4.78 is 41.1. The SMILES string of the molecule is COCCN1CCN(C[C@]2(O)CCC[C@H](C)[C@@H](C)S(=O)(=O)NC(=O)c3ccc4c(c3)N(CCCCc3cc(Cl)ccc3CO4)C[C@@H]3CC[C@H]32)C(=O)C1. The number of fused-ring (bicyclic) bond motifs is 3. The molecule has 1 aliphatic carbocycles. The van der Waals surface area contributed by atoms with Crippen molar-refractivity contribution < 1.29 is 32.6 Å². The van der Waals surface area contributed by atoms with E-state index in [1.807, 2.05) is 30.0 Å². The summed E-state index contributed by atoms with van der Waals surface area (Å²) in [6.45, 7) is 8.23. The lowest BCUT2D eigenvalue weighted by atomic mass is 9.62. The zero-order valence-electron chi connectivity index (χ0n) is 30.8. The Kier molecular flexibility index (Phi) is 12.4. The third-order valence-electron chi connectivity index (χ3n) is 12.1. The van der Waals surface area contributed by atoms with Crippen LogP contribution in [-0.2, 0) is 32.6 Å². The van der Waals surface area contributed by atoms with Crippen molar-refractivity contribution in [3.05, 3.63) is 58.1 Å². The molecule has 286 valence electrons. The van der Waals surface area contributed by atoms with Gasteiger partial charge in [-0.25, -0.2) is 13.1 Å². The van der Waals surface area contributed by atoms with E-state index in [2.05, 4.69) is 14.5 Å². The van der Waals surface area contributed by atoms with Crippen molar-refractivity contribution in [3.63, 3.8) is 0 Å². The predicted octanol–water partition coefficient (Wildman–Crippen LogP) is 4.88. The standard InChI is InChI=1S/C39H55ClN4O7S/c1-27-7-6-15-39(47,26-44-18-17-42(19-20-50-3)24-37(44)45)34-13-10-31(34)23-43-16-5-4-8-29-21-33(40)12-9-32(29)25-51-36-14-11-30(22-35(36)43)38(46)41-52(48,49)28(27)2/h9,11-12,14,21-22,27-28,31,34,47H,4-8,10,13,15-20,23-26H2,1-3H3,(H,41,46)/t27-,28+,31-,34+,39+/m0/s1. The van der Waals surface area contributed by atoms with Crippen molar-refractivity contribution >= 4 is 39.1 Å². The van der Waals surface area contributed by atoms with E-state index in [0.29, 0.717) is 76.0 Å². The molecule has 3 aliphatic heterocycles. The van der Waals surface area contributed by atoms with E-state index in [0.717, 1.165) is 55.5 Å². The van der Waals surface area contributed by atoms with Crippen LogP contribution >= 0.6 is 11.6 Å². The molecule has 0 radical (unpaired) electrons. The fourth-order valence-corrected chi connectivity index (χ4v) is 9.96. The number of β-amino-alcohol motifs (C(OH)–C–C–N with tert-alkyl or cyclic N) is 1. The van der Waals surface area contributed by atoms with Crippen LogP contribution in [0.4, 0.5) is 5.69 Å². The van der Waals surface area contributed by atoms with Crippen molar-refractivity contribution in [1.29, 1.82) is 0 Å². The first kappa shape index (κ1) is 38.8. The Morgan fingerprint density at radius 2 is 1.85 bits per heavy atom. The summed E-state index contributed by atoms with van der Waals surface area (Å²) in [5.41, 5.74) is 2.04. The number of halogens is 1. The summed E-state index contributed by atoms with van der Waals surface area (Å²) in [5.74, 6) is -0.203. The zero-order valence-corrected chi connectivity index (χ0v) is 32.4. The van der Waals surface area contributed by atoms with Crippen LogP contribution in [0, 0.1) is 17.8 Å². The number of nitrogens with one attached hydrogen (secondary N) is 1. The third kappa shape index (κ3) is 8.89. The summed E-state index contributed by atoms with van der Waals surface area (Å²) in [5, 5.41) is 12.5. The number of anilines is 1. The number of amides is 2. The Labute approximate surface area is 314 Å². The molecule has 1 saturated carbocycles. The number of benzene rings is 2. The third-order valence-corrected chi connectivity index (χ3v) is 14.2. The fourth-order valence-electron chi connectivity index (χ4n) is 8.46. The number of rotatable bonds is 5. The van der Waals surface area contributed by atoms with Crippen LogP contribution in [0.3, 0.4) is 0 Å². The fraction of sp³-hybridized carbons (Fsp3) is 0.641. The number of carbonyl (C=O) groups is 2. The number of hydrogen-bond acceptors (Lipinski definition) is 9. The summed E-state index contributed by atoms with van der Waals surface area (Å²) in [4.78, 5) is 33.2. The molecule has 2 N–H and O–H groups in total. The molecular formula is C39H55ClN4O7S. The van der Waals surface area contributed by atoms with Gasteiger partial charge in [-0.15, -0.1) is 0 Å². The highest BCUT2D eigenvalue weighted by molar-refractivity contribution is 7.90. The monoisotopic (exact) mass is 758 g/mol. The largest absolute Gasteiger partial charge is 0.487 e. The smallest absolute Gasteiger partial charge is 0.264 e. The number of aliphatic hydroxyl groups is 1. The van der Waals surface area contributed by atoms with Crippen LogP contribution in [0.25, 0.3) is 0 Å². The van der Waals surface area contributed by atoms with E-state index in [-0.39, 0.29) is 35.8 Å². The summed E-state index contributed by atoms with van der Waals surface area (Å²) in [6, 6.07) is 11.0. The molecule has 0 unspecified atom stereocenters. The molecule has 2 bridgehead atoms. The predicted molar refractivity (Wildman–Crippen MR) is 202 cm³/mol. The number of sulfonamides is 1. The quantitative estimate of drug-likeness (QED) is 0.439. The topological polar surface area (TPSA) is 129 Å². The number of carbonyl (C=O) groups excluding carboxylic acids is 2. The second-order valence-electron chi connectivity index (χ2n) is 15.5. The van der Waals surface area contributed by atoms with Crippen LogP contribution in [0.1, 0.15) is 80.3 Å². The molecule has 0 spiro atoms. The van der Waals surface area contributed by atoms with Crippen LogP contribution < -0.4 is 14.4 Å². The first-order valence-electron chi connectivity index (χ1n) is 18.9. The number of ether oxygens (including phenoxy) is 2. The molecule has 13 heteroatoms. The Morgan fingerprint density at radius 3 is 2.60 bits per heavy atom. The minimum Gasteiger partial charge on any atom is -0.487 e. The van der Waals surface area contributed by atoms with Crippen molar-refractivity contribution in [2.75, 3.05) is 64.4 Å². The maximum atomic E-state index is 13.6. The molecule has 2 fully saturated rings. The minimum atomic E-state index is -4.00. The first-order chi connectivity index (χ1) is 24.9. The highest BCUT2D eigenvalue weighted by atomic mass is 35.5. The van der Waals surface area contributed by atoms with Crippen LogP contribution in [-0.4, -0.2) is 106 Å². The van der Waals surface area contributed by atoms with E-state index < -0.39 is 26.8 Å². The number of methoxy groups -OCH3 is 1. The van der Waals surface area contributed by atoms with Crippen molar-refractivity contribution in [2.45, 2.75) is 82.7 Å². The van der Waals surface area contributed by atoms with E-state index in [1.54, 1.807) is 32.2 Å². The average molecular weight is 759 g/mol. The normalized spacial score (nSPS) is 29.1. The van der Waals surface area contributed by atoms with Gasteiger partial charge in [-0.1, -0.05) is 31.0 Å². The summed E-state index contributed by atoms with van der Waals surface area (Å²) >= 11 is 6.37. The van der Waals surface area contributed by atoms with Crippen LogP contribution in [0.5, 0.6) is 5.75 Å². The van der Waals surface area contributed by atoms with Crippen molar-refractivity contribution in [1.82, 2.24) is 14.5 Å². The van der Waals surface area contributed by atoms with Gasteiger partial charge in [0, 0.05) is 57.0 Å². The van der Waals surface area contributed by atoms with Gasteiger partial charge < -0.3 is 24.4 Å². The molecule has 52 heavy (non-hydrogen) atoms. The highest BCUT2D eigenvalue weighted by Gasteiger charge is 2.48. The lowest BCUT2D eigenvalue weighted by Crippen LogP contribution is -2.60. The molecule has 2 aromatic rings. The molecule has 2 aromatic carbocycles. The van der Waals surface area contributed by atoms with Gasteiger partial charge >= 0.3 is 0 Å². The molecule has 6 rings (SSSR count). The molecule has 1 saturated heterocycles. The Hall–Kier alpha value is -2.90. The van der Waals surface area contributed by atoms with Gasteiger partial charge in [-0.2, -0.15) is 0 Å². The van der Waals surface area contributed by atoms with Crippen LogP contribution in [0.2, 0.25) is 5.02 Å². The Balaban J connectivity index is 1.33. The number of piperazine rings is 1. The second-order valence-corrected chi connectivity index (χ2v) is 17.9. The van der Waals surface area contributed by atoms with E-state index in [1.165, 1.54) is 0 Å². The second kappa shape index (κ2) is 16.6. The van der Waals surface area contributed by atoms with Gasteiger partial charge in [0.05, 0.1) is 29.7 Å². The highest BCUT2D eigenvalue weighted by Crippen LogP contribution is 2.46. The molecule has 4 aliphatic rings. The number of nitrogens with zero attached hydrogens (tertiary/aromatic N) is 3. The molecule has 0 aromatic heterocycles. The van der Waals surface area contributed by atoms with Gasteiger partial charge in [-0.3, -0.25) is 14.5 Å². The maximum absolute atomic E-state index is 13.6. The minimum absolute atomic E-state index is 0.00987. The van der Waals surface area contributed by atoms with Crippen molar-refractivity contribution in [2.24, 2.45) is 17.8 Å². The lowest BCUT2D eigenvalue weighted by molar-refractivity contribution is -0.149. The van der Waals surface area contributed by atoms with E-state index in [4.69, 9.17) is 21.1 Å². The van der Waals surface area contributed by atoms with E-state index >= 15 is 0 Å². The van der Waals surface area contributed by atoms with Gasteiger partial charge in [-0.05, 0) is 111 Å². The van der Waals surface area contributed by atoms with Crippen LogP contribution in [0.15, 0.2) is 36.4 Å². The van der Waals surface area contributed by atoms with Gasteiger partial charge in [0.2, 0.25) is 15.9 Å². The van der Waals surface area contributed by atoms with Gasteiger partial charge in [0.1, 0.15) is 12.4 Å². The molecule has 3 heterocycles.